The van der Waals surface area contributed by atoms with Gasteiger partial charge >= 0.3 is 0 Å². The summed E-state index contributed by atoms with van der Waals surface area (Å²) in [5.41, 5.74) is 3.22. The van der Waals surface area contributed by atoms with Gasteiger partial charge in [-0.25, -0.2) is 0 Å². The molecule has 0 aliphatic heterocycles. The summed E-state index contributed by atoms with van der Waals surface area (Å²) in [6.07, 6.45) is 0. The molecule has 148 valence electrons. The number of hydrogen-bond donors (Lipinski definition) is 3. The summed E-state index contributed by atoms with van der Waals surface area (Å²) in [6, 6.07) is 11.2. The van der Waals surface area contributed by atoms with Gasteiger partial charge in [0.15, 0.2) is 11.0 Å². The Morgan fingerprint density at radius 2 is 1.64 bits per heavy atom. The van der Waals surface area contributed by atoms with Gasteiger partial charge in [-0.05, 0) is 55.7 Å². The summed E-state index contributed by atoms with van der Waals surface area (Å²) < 4.78 is 1.78. The van der Waals surface area contributed by atoms with Crippen LogP contribution in [-0.2, 0) is 0 Å². The summed E-state index contributed by atoms with van der Waals surface area (Å²) in [6.45, 7) is 10.1. The van der Waals surface area contributed by atoms with Gasteiger partial charge in [0, 0.05) is 30.5 Å². The quantitative estimate of drug-likeness (QED) is 0.529. The lowest BCUT2D eigenvalue weighted by atomic mass is 9.98. The Bertz CT molecular complexity index is 963. The molecule has 2 aromatic carbocycles. The standard InChI is InChI=1S/C21H26N4O2S/c1-5-24(6-2)14-7-9-15(10-8-14)25-20(22-23-21(25)28)17-11-16(13(3)4)18(26)12-19(17)27/h7-13,26-27H,5-6H2,1-4H3,(H,23,28). The second-order valence-electron chi connectivity index (χ2n) is 6.93. The molecule has 0 saturated carbocycles. The number of anilines is 1. The Morgan fingerprint density at radius 1 is 1.00 bits per heavy atom. The number of thiol groups is 1. The molecule has 7 heteroatoms. The van der Waals surface area contributed by atoms with E-state index >= 15 is 0 Å². The van der Waals surface area contributed by atoms with Crippen molar-refractivity contribution in [1.29, 1.82) is 0 Å². The number of benzene rings is 2. The highest BCUT2D eigenvalue weighted by Crippen LogP contribution is 2.38. The second-order valence-corrected chi connectivity index (χ2v) is 7.33. The fourth-order valence-corrected chi connectivity index (χ4v) is 3.58. The van der Waals surface area contributed by atoms with Crippen molar-refractivity contribution in [3.8, 4) is 28.6 Å². The molecule has 0 unspecified atom stereocenters. The lowest BCUT2D eigenvalue weighted by Crippen LogP contribution is -2.21. The Hall–Kier alpha value is -2.67. The number of nitrogens with zero attached hydrogens (tertiary/aromatic N) is 4. The van der Waals surface area contributed by atoms with Gasteiger partial charge in [0.1, 0.15) is 11.5 Å². The van der Waals surface area contributed by atoms with Gasteiger partial charge in [-0.15, -0.1) is 22.8 Å². The maximum absolute atomic E-state index is 10.4. The SMILES string of the molecule is CCN(CC)c1ccc(-n2c(S)nnc2-c2cc(C(C)C)c(O)cc2O)cc1. The molecule has 1 aromatic heterocycles. The molecule has 0 fully saturated rings. The van der Waals surface area contributed by atoms with Crippen molar-refractivity contribution in [2.24, 2.45) is 0 Å². The molecule has 0 radical (unpaired) electrons. The fraction of sp³-hybridized carbons (Fsp3) is 0.333. The van der Waals surface area contributed by atoms with Crippen molar-refractivity contribution in [3.05, 3.63) is 42.0 Å². The maximum atomic E-state index is 10.4. The topological polar surface area (TPSA) is 74.4 Å². The van der Waals surface area contributed by atoms with Crippen molar-refractivity contribution < 1.29 is 10.2 Å². The first-order chi connectivity index (χ1) is 13.4. The molecule has 0 amide bonds. The van der Waals surface area contributed by atoms with Gasteiger partial charge in [-0.1, -0.05) is 13.8 Å². The van der Waals surface area contributed by atoms with Gasteiger partial charge < -0.3 is 15.1 Å². The van der Waals surface area contributed by atoms with Gasteiger partial charge in [-0.2, -0.15) is 0 Å². The third-order valence-electron chi connectivity index (χ3n) is 4.89. The van der Waals surface area contributed by atoms with E-state index in [1.807, 2.05) is 26.0 Å². The van der Waals surface area contributed by atoms with E-state index < -0.39 is 0 Å². The van der Waals surface area contributed by atoms with Crippen molar-refractivity contribution in [3.63, 3.8) is 0 Å². The molecule has 3 rings (SSSR count). The van der Waals surface area contributed by atoms with Crippen LogP contribution in [0.3, 0.4) is 0 Å². The highest BCUT2D eigenvalue weighted by molar-refractivity contribution is 7.80. The maximum Gasteiger partial charge on any atom is 0.193 e. The summed E-state index contributed by atoms with van der Waals surface area (Å²) in [7, 11) is 0. The van der Waals surface area contributed by atoms with Crippen LogP contribution < -0.4 is 4.90 Å². The molecule has 3 aromatic rings. The van der Waals surface area contributed by atoms with Gasteiger partial charge in [0.25, 0.3) is 0 Å². The van der Waals surface area contributed by atoms with E-state index in [-0.39, 0.29) is 17.4 Å². The van der Waals surface area contributed by atoms with Crippen LogP contribution in [0.1, 0.15) is 39.2 Å². The molecular weight excluding hydrogens is 372 g/mol. The first kappa shape index (κ1) is 20.1. The lowest BCUT2D eigenvalue weighted by molar-refractivity contribution is 0.444. The molecule has 1 heterocycles. The van der Waals surface area contributed by atoms with Gasteiger partial charge in [0.2, 0.25) is 0 Å². The molecule has 0 spiro atoms. The average molecular weight is 399 g/mol. The molecule has 0 bridgehead atoms. The van der Waals surface area contributed by atoms with E-state index in [1.165, 1.54) is 6.07 Å². The van der Waals surface area contributed by atoms with E-state index in [0.717, 1.165) is 30.0 Å². The second kappa shape index (κ2) is 8.14. The summed E-state index contributed by atoms with van der Waals surface area (Å²) in [4.78, 5) is 2.26. The molecule has 0 aliphatic rings. The van der Waals surface area contributed by atoms with Crippen LogP contribution in [0.5, 0.6) is 11.5 Å². The molecular formula is C21H26N4O2S. The minimum Gasteiger partial charge on any atom is -0.508 e. The summed E-state index contributed by atoms with van der Waals surface area (Å²) in [5.74, 6) is 0.583. The third kappa shape index (κ3) is 3.67. The Labute approximate surface area is 170 Å². The first-order valence-electron chi connectivity index (χ1n) is 9.43. The molecule has 0 saturated heterocycles. The van der Waals surface area contributed by atoms with E-state index in [0.29, 0.717) is 16.5 Å². The van der Waals surface area contributed by atoms with Crippen molar-refractivity contribution in [2.75, 3.05) is 18.0 Å². The fourth-order valence-electron chi connectivity index (χ4n) is 3.33. The smallest absolute Gasteiger partial charge is 0.193 e. The predicted octanol–water partition coefficient (Wildman–Crippen LogP) is 4.60. The number of phenols is 2. The van der Waals surface area contributed by atoms with Crippen molar-refractivity contribution in [1.82, 2.24) is 14.8 Å². The van der Waals surface area contributed by atoms with Gasteiger partial charge in [-0.3, -0.25) is 4.57 Å². The first-order valence-corrected chi connectivity index (χ1v) is 9.88. The molecule has 0 atom stereocenters. The zero-order valence-corrected chi connectivity index (χ0v) is 17.5. The van der Waals surface area contributed by atoms with Crippen LogP contribution in [0.4, 0.5) is 5.69 Å². The monoisotopic (exact) mass is 398 g/mol. The molecule has 6 nitrogen and oxygen atoms in total. The van der Waals surface area contributed by atoms with Gasteiger partial charge in [0.05, 0.1) is 5.56 Å². The molecule has 2 N–H and O–H groups in total. The van der Waals surface area contributed by atoms with E-state index in [4.69, 9.17) is 0 Å². The van der Waals surface area contributed by atoms with Crippen LogP contribution in [0.25, 0.3) is 17.1 Å². The normalized spacial score (nSPS) is 11.2. The number of hydrogen-bond acceptors (Lipinski definition) is 6. The number of phenolic OH excluding ortho intramolecular Hbond substituents is 2. The minimum absolute atomic E-state index is 0.0522. The number of rotatable bonds is 6. The lowest BCUT2D eigenvalue weighted by Gasteiger charge is -2.21. The van der Waals surface area contributed by atoms with Crippen molar-refractivity contribution >= 4 is 18.3 Å². The largest absolute Gasteiger partial charge is 0.508 e. The highest BCUT2D eigenvalue weighted by atomic mass is 32.1. The van der Waals surface area contributed by atoms with E-state index in [9.17, 15) is 10.2 Å². The third-order valence-corrected chi connectivity index (χ3v) is 5.18. The zero-order valence-electron chi connectivity index (χ0n) is 16.6. The van der Waals surface area contributed by atoms with Crippen LogP contribution >= 0.6 is 12.6 Å². The highest BCUT2D eigenvalue weighted by Gasteiger charge is 2.20. The number of aromatic hydroxyl groups is 2. The Morgan fingerprint density at radius 3 is 2.21 bits per heavy atom. The number of aromatic nitrogens is 3. The Balaban J connectivity index is 2.10. The van der Waals surface area contributed by atoms with Crippen LogP contribution in [0, 0.1) is 0 Å². The van der Waals surface area contributed by atoms with Crippen LogP contribution in [0.2, 0.25) is 0 Å². The zero-order chi connectivity index (χ0) is 20.4. The molecule has 28 heavy (non-hydrogen) atoms. The minimum atomic E-state index is -0.0522. The van der Waals surface area contributed by atoms with E-state index in [1.54, 1.807) is 10.6 Å². The Kier molecular flexibility index (Phi) is 5.84. The summed E-state index contributed by atoms with van der Waals surface area (Å²) >= 11 is 4.45. The summed E-state index contributed by atoms with van der Waals surface area (Å²) in [5, 5.41) is 29.3. The van der Waals surface area contributed by atoms with Crippen molar-refractivity contribution in [2.45, 2.75) is 38.8 Å². The predicted molar refractivity (Wildman–Crippen MR) is 115 cm³/mol. The van der Waals surface area contributed by atoms with Crippen LogP contribution in [0.15, 0.2) is 41.6 Å². The average Bonchev–Trinajstić information content (AvgIpc) is 3.04. The molecule has 0 aliphatic carbocycles. The van der Waals surface area contributed by atoms with E-state index in [2.05, 4.69) is 53.7 Å². The van der Waals surface area contributed by atoms with Crippen LogP contribution in [-0.4, -0.2) is 38.1 Å².